The third kappa shape index (κ3) is 5.89. The van der Waals surface area contributed by atoms with Crippen molar-refractivity contribution < 1.29 is 27.8 Å². The number of morpholine rings is 1. The Morgan fingerprint density at radius 3 is 2.68 bits per heavy atom. The zero-order chi connectivity index (χ0) is 23.9. The molecule has 1 saturated heterocycles. The Bertz CT molecular complexity index is 1150. The molecule has 1 aliphatic rings. The molecule has 0 aliphatic carbocycles. The molecule has 0 radical (unpaired) electrons. The lowest BCUT2D eigenvalue weighted by Crippen LogP contribution is -2.36. The van der Waals surface area contributed by atoms with E-state index in [0.29, 0.717) is 24.5 Å². The van der Waals surface area contributed by atoms with Gasteiger partial charge in [0.15, 0.2) is 16.6 Å². The first-order valence-corrected chi connectivity index (χ1v) is 11.4. The summed E-state index contributed by atoms with van der Waals surface area (Å²) in [6, 6.07) is 12.0. The Hall–Kier alpha value is -3.50. The molecule has 1 fully saturated rings. The van der Waals surface area contributed by atoms with Crippen molar-refractivity contribution in [2.45, 2.75) is 6.61 Å². The van der Waals surface area contributed by atoms with Gasteiger partial charge in [0.25, 0.3) is 0 Å². The van der Waals surface area contributed by atoms with Gasteiger partial charge in [-0.3, -0.25) is 4.79 Å². The van der Waals surface area contributed by atoms with Gasteiger partial charge in [-0.25, -0.2) is 4.98 Å². The summed E-state index contributed by atoms with van der Waals surface area (Å²) in [7, 11) is 1.35. The van der Waals surface area contributed by atoms with E-state index in [0.717, 1.165) is 29.5 Å². The second-order valence-corrected chi connectivity index (χ2v) is 8.11. The van der Waals surface area contributed by atoms with Gasteiger partial charge in [-0.2, -0.15) is 8.78 Å². The number of rotatable bonds is 8. The molecule has 178 valence electrons. The van der Waals surface area contributed by atoms with Crippen LogP contribution < -0.4 is 19.7 Å². The van der Waals surface area contributed by atoms with Crippen molar-refractivity contribution in [1.82, 2.24) is 4.98 Å². The highest BCUT2D eigenvalue weighted by Crippen LogP contribution is 2.33. The fraction of sp³-hybridized carbons (Fsp3) is 0.250. The van der Waals surface area contributed by atoms with Crippen LogP contribution in [0.5, 0.6) is 11.5 Å². The molecule has 4 rings (SSSR count). The third-order valence-corrected chi connectivity index (χ3v) is 5.97. The summed E-state index contributed by atoms with van der Waals surface area (Å²) in [4.78, 5) is 19.3. The number of para-hydroxylation sites is 1. The molecule has 1 N–H and O–H groups in total. The molecule has 3 aromatic rings. The van der Waals surface area contributed by atoms with E-state index in [2.05, 4.69) is 15.0 Å². The molecule has 2 aromatic carbocycles. The number of ether oxygens (including phenoxy) is 3. The number of hydrogen-bond donors (Lipinski definition) is 1. The summed E-state index contributed by atoms with van der Waals surface area (Å²) in [6.45, 7) is 0.0543. The van der Waals surface area contributed by atoms with Gasteiger partial charge >= 0.3 is 6.61 Å². The lowest BCUT2D eigenvalue weighted by atomic mass is 10.1. The normalized spacial score (nSPS) is 13.9. The largest absolute Gasteiger partial charge is 0.493 e. The molecule has 1 aliphatic heterocycles. The minimum Gasteiger partial charge on any atom is -0.493 e. The number of methoxy groups -OCH3 is 1. The van der Waals surface area contributed by atoms with E-state index in [9.17, 15) is 13.6 Å². The van der Waals surface area contributed by atoms with E-state index < -0.39 is 12.5 Å². The van der Waals surface area contributed by atoms with Gasteiger partial charge in [-0.05, 0) is 24.3 Å². The predicted molar refractivity (Wildman–Crippen MR) is 128 cm³/mol. The molecular weight excluding hydrogens is 464 g/mol. The van der Waals surface area contributed by atoms with Crippen LogP contribution >= 0.6 is 11.3 Å². The van der Waals surface area contributed by atoms with E-state index in [-0.39, 0.29) is 11.5 Å². The number of nitrogens with zero attached hydrogens (tertiary/aromatic N) is 2. The van der Waals surface area contributed by atoms with Crippen molar-refractivity contribution >= 4 is 34.1 Å². The SMILES string of the molecule is COc1cccc(/C=C/C(=O)Nc2ccc(-c3csc(N4CCOCC4)n3)cc2)c1OC(F)F. The smallest absolute Gasteiger partial charge is 0.387 e. The maximum Gasteiger partial charge on any atom is 0.387 e. The lowest BCUT2D eigenvalue weighted by molar-refractivity contribution is -0.111. The number of benzene rings is 2. The molecule has 0 saturated carbocycles. The van der Waals surface area contributed by atoms with Gasteiger partial charge in [0, 0.05) is 41.4 Å². The quantitative estimate of drug-likeness (QED) is 0.456. The molecule has 2 heterocycles. The van der Waals surface area contributed by atoms with E-state index in [1.54, 1.807) is 35.6 Å². The number of alkyl halides is 2. The first-order valence-electron chi connectivity index (χ1n) is 10.5. The molecule has 0 spiro atoms. The number of halogens is 2. The van der Waals surface area contributed by atoms with Crippen molar-refractivity contribution in [2.75, 3.05) is 43.6 Å². The number of carbonyl (C=O) groups excluding carboxylic acids is 1. The van der Waals surface area contributed by atoms with Crippen LogP contribution in [0.2, 0.25) is 0 Å². The molecule has 10 heteroatoms. The summed E-state index contributed by atoms with van der Waals surface area (Å²) in [5.41, 5.74) is 2.70. The number of carbonyl (C=O) groups is 1. The number of nitrogens with one attached hydrogen (secondary N) is 1. The number of anilines is 2. The second kappa shape index (κ2) is 11.1. The van der Waals surface area contributed by atoms with Gasteiger partial charge in [-0.1, -0.05) is 24.3 Å². The highest BCUT2D eigenvalue weighted by molar-refractivity contribution is 7.14. The Balaban J connectivity index is 1.40. The summed E-state index contributed by atoms with van der Waals surface area (Å²) >= 11 is 1.59. The van der Waals surface area contributed by atoms with E-state index >= 15 is 0 Å². The fourth-order valence-corrected chi connectivity index (χ4v) is 4.30. The molecule has 0 atom stereocenters. The van der Waals surface area contributed by atoms with Crippen LogP contribution in [0.1, 0.15) is 5.56 Å². The lowest BCUT2D eigenvalue weighted by Gasteiger charge is -2.26. The van der Waals surface area contributed by atoms with E-state index in [1.807, 2.05) is 17.5 Å². The van der Waals surface area contributed by atoms with E-state index in [1.165, 1.54) is 25.3 Å². The second-order valence-electron chi connectivity index (χ2n) is 7.27. The predicted octanol–water partition coefficient (Wildman–Crippen LogP) is 4.91. The monoisotopic (exact) mass is 487 g/mol. The molecule has 1 amide bonds. The van der Waals surface area contributed by atoms with Gasteiger partial charge in [0.05, 0.1) is 26.0 Å². The van der Waals surface area contributed by atoms with Crippen LogP contribution in [-0.4, -0.2) is 50.9 Å². The number of amides is 1. The Labute approximate surface area is 199 Å². The Morgan fingerprint density at radius 2 is 1.97 bits per heavy atom. The van der Waals surface area contributed by atoms with Gasteiger partial charge < -0.3 is 24.4 Å². The van der Waals surface area contributed by atoms with Crippen molar-refractivity contribution in [1.29, 1.82) is 0 Å². The zero-order valence-corrected chi connectivity index (χ0v) is 19.2. The molecular formula is C24H23F2N3O4S. The van der Waals surface area contributed by atoms with Crippen molar-refractivity contribution in [2.24, 2.45) is 0 Å². The Morgan fingerprint density at radius 1 is 1.21 bits per heavy atom. The minimum atomic E-state index is -3.02. The summed E-state index contributed by atoms with van der Waals surface area (Å²) in [5.74, 6) is -0.396. The van der Waals surface area contributed by atoms with Crippen LogP contribution in [-0.2, 0) is 9.53 Å². The van der Waals surface area contributed by atoms with Crippen LogP contribution in [0.4, 0.5) is 19.6 Å². The van der Waals surface area contributed by atoms with Crippen molar-refractivity contribution in [3.05, 3.63) is 59.5 Å². The van der Waals surface area contributed by atoms with Crippen LogP contribution in [0.15, 0.2) is 53.9 Å². The average molecular weight is 488 g/mol. The molecule has 0 unspecified atom stereocenters. The summed E-state index contributed by atoms with van der Waals surface area (Å²) in [6.07, 6.45) is 2.64. The number of thiazole rings is 1. The van der Waals surface area contributed by atoms with E-state index in [4.69, 9.17) is 14.5 Å². The first-order chi connectivity index (χ1) is 16.5. The topological polar surface area (TPSA) is 72.9 Å². The Kier molecular flexibility index (Phi) is 7.71. The number of aromatic nitrogens is 1. The molecule has 0 bridgehead atoms. The van der Waals surface area contributed by atoms with Crippen molar-refractivity contribution in [3.63, 3.8) is 0 Å². The first kappa shape index (κ1) is 23.7. The highest BCUT2D eigenvalue weighted by Gasteiger charge is 2.16. The van der Waals surface area contributed by atoms with Gasteiger partial charge in [-0.15, -0.1) is 11.3 Å². The maximum absolute atomic E-state index is 12.8. The average Bonchev–Trinajstić information content (AvgIpc) is 3.34. The molecule has 34 heavy (non-hydrogen) atoms. The summed E-state index contributed by atoms with van der Waals surface area (Å²) in [5, 5.41) is 5.73. The zero-order valence-electron chi connectivity index (χ0n) is 18.4. The summed E-state index contributed by atoms with van der Waals surface area (Å²) < 4.78 is 40.5. The molecule has 1 aromatic heterocycles. The van der Waals surface area contributed by atoms with Gasteiger partial charge in [0.1, 0.15) is 0 Å². The van der Waals surface area contributed by atoms with Crippen LogP contribution in [0, 0.1) is 0 Å². The third-order valence-electron chi connectivity index (χ3n) is 5.07. The van der Waals surface area contributed by atoms with Gasteiger partial charge in [0.2, 0.25) is 5.91 Å². The van der Waals surface area contributed by atoms with Crippen LogP contribution in [0.25, 0.3) is 17.3 Å². The highest BCUT2D eigenvalue weighted by atomic mass is 32.1. The maximum atomic E-state index is 12.8. The minimum absolute atomic E-state index is 0.131. The molecule has 7 nitrogen and oxygen atoms in total. The fourth-order valence-electron chi connectivity index (χ4n) is 3.41. The van der Waals surface area contributed by atoms with Crippen molar-refractivity contribution in [3.8, 4) is 22.8 Å². The number of hydrogen-bond acceptors (Lipinski definition) is 7. The standard InChI is InChI=1S/C24H23F2N3O4S/c1-31-20-4-2-3-17(22(20)33-23(25)26)7-10-21(30)27-18-8-5-16(6-9-18)19-15-34-24(28-19)29-11-13-32-14-12-29/h2-10,15,23H,11-14H2,1H3,(H,27,30)/b10-7+. The van der Waals surface area contributed by atoms with Crippen LogP contribution in [0.3, 0.4) is 0 Å².